The van der Waals surface area contributed by atoms with E-state index in [1.165, 1.54) is 0 Å². The van der Waals surface area contributed by atoms with Crippen molar-refractivity contribution >= 4 is 26.7 Å². The second-order valence-corrected chi connectivity index (χ2v) is 8.66. The van der Waals surface area contributed by atoms with Gasteiger partial charge in [0.15, 0.2) is 0 Å². The largest absolute Gasteiger partial charge is 0.348 e. The summed E-state index contributed by atoms with van der Waals surface area (Å²) in [6.45, 7) is 3.70. The normalized spacial score (nSPS) is 11.7. The van der Waals surface area contributed by atoms with Crippen molar-refractivity contribution in [2.24, 2.45) is 7.05 Å². The van der Waals surface area contributed by atoms with E-state index in [4.69, 9.17) is 0 Å². The lowest BCUT2D eigenvalue weighted by Gasteiger charge is -2.13. The predicted molar refractivity (Wildman–Crippen MR) is 113 cm³/mol. The van der Waals surface area contributed by atoms with Gasteiger partial charge in [-0.2, -0.15) is 9.77 Å². The maximum Gasteiger partial charge on any atom is 0.348 e. The summed E-state index contributed by atoms with van der Waals surface area (Å²) in [7, 11) is -2.44. The number of sulfonamides is 1. The van der Waals surface area contributed by atoms with E-state index in [0.717, 1.165) is 16.8 Å². The summed E-state index contributed by atoms with van der Waals surface area (Å²) in [5.41, 5.74) is 0.953. The van der Waals surface area contributed by atoms with Crippen molar-refractivity contribution in [3.05, 3.63) is 50.8 Å². The number of ketones is 1. The van der Waals surface area contributed by atoms with E-state index in [2.05, 4.69) is 10.1 Å². The summed E-state index contributed by atoms with van der Waals surface area (Å²) < 4.78 is 26.6. The molecule has 0 unspecified atom stereocenters. The van der Waals surface area contributed by atoms with Crippen LogP contribution in [0.2, 0.25) is 0 Å². The van der Waals surface area contributed by atoms with Crippen molar-refractivity contribution in [1.82, 2.24) is 19.4 Å². The maximum atomic E-state index is 13.0. The molecule has 0 radical (unpaired) electrons. The van der Waals surface area contributed by atoms with Gasteiger partial charge in [0, 0.05) is 25.2 Å². The molecule has 2 aromatic heterocycles. The predicted octanol–water partition coefficient (Wildman–Crippen LogP) is 0.895. The Morgan fingerprint density at radius 1 is 1.23 bits per heavy atom. The molecule has 0 aliphatic rings. The summed E-state index contributed by atoms with van der Waals surface area (Å²) in [5.74, 6) is -1.30. The Morgan fingerprint density at radius 3 is 2.57 bits per heavy atom. The minimum absolute atomic E-state index is 0.0950. The molecule has 3 rings (SSSR count). The Hall–Kier alpha value is -3.21. The highest BCUT2D eigenvalue weighted by Crippen LogP contribution is 2.26. The van der Waals surface area contributed by atoms with Crippen molar-refractivity contribution < 1.29 is 13.2 Å². The number of benzene rings is 1. The average Bonchev–Trinajstić information content (AvgIpc) is 3.09. The van der Waals surface area contributed by atoms with E-state index in [9.17, 15) is 22.8 Å². The molecule has 160 valence electrons. The molecule has 0 atom stereocenters. The lowest BCUT2D eigenvalue weighted by Crippen LogP contribution is -2.44. The Kier molecular flexibility index (Phi) is 5.92. The third-order valence-electron chi connectivity index (χ3n) is 4.71. The number of aryl methyl sites for hydroxylation is 2. The molecule has 0 saturated heterocycles. The molecule has 1 aromatic carbocycles. The summed E-state index contributed by atoms with van der Waals surface area (Å²) in [6.07, 6.45) is 2.87. The molecule has 3 aromatic rings. The minimum atomic E-state index is -4.21. The number of Topliss-reactive ketones (excluding diaryl/α,β-unsaturated/α-hetero) is 1. The lowest BCUT2D eigenvalue weighted by atomic mass is 10.00. The molecule has 0 fully saturated rings. The molecular weight excluding hydrogens is 410 g/mol. The van der Waals surface area contributed by atoms with E-state index in [1.54, 1.807) is 43.0 Å². The van der Waals surface area contributed by atoms with Gasteiger partial charge in [0.1, 0.15) is 11.5 Å². The van der Waals surface area contributed by atoms with Crippen molar-refractivity contribution in [1.29, 1.82) is 0 Å². The molecule has 0 spiro atoms. The smallest absolute Gasteiger partial charge is 0.305 e. The van der Waals surface area contributed by atoms with Crippen LogP contribution in [0.4, 0.5) is 0 Å². The van der Waals surface area contributed by atoms with Crippen LogP contribution in [0.5, 0.6) is 0 Å². The summed E-state index contributed by atoms with van der Waals surface area (Å²) in [5, 5.41) is 4.28. The number of nitrogens with one attached hydrogen (secondary N) is 2. The van der Waals surface area contributed by atoms with E-state index < -0.39 is 32.8 Å². The van der Waals surface area contributed by atoms with Crippen LogP contribution in [0.25, 0.3) is 22.2 Å². The highest BCUT2D eigenvalue weighted by atomic mass is 32.2. The van der Waals surface area contributed by atoms with Gasteiger partial charge >= 0.3 is 5.69 Å². The number of aromatic amines is 1. The van der Waals surface area contributed by atoms with Crippen LogP contribution >= 0.6 is 0 Å². The third kappa shape index (κ3) is 4.20. The fraction of sp³-hybridized carbons (Fsp3) is 0.368. The van der Waals surface area contributed by atoms with Crippen molar-refractivity contribution in [2.45, 2.75) is 33.1 Å². The number of hydrogen-bond donors (Lipinski definition) is 2. The fourth-order valence-electron chi connectivity index (χ4n) is 3.29. The zero-order valence-electron chi connectivity index (χ0n) is 16.9. The van der Waals surface area contributed by atoms with Gasteiger partial charge in [0.05, 0.1) is 16.6 Å². The van der Waals surface area contributed by atoms with Crippen molar-refractivity contribution in [3.8, 4) is 11.3 Å². The highest BCUT2D eigenvalue weighted by molar-refractivity contribution is 7.93. The van der Waals surface area contributed by atoms with Gasteiger partial charge in [0.2, 0.25) is 0 Å². The lowest BCUT2D eigenvalue weighted by molar-refractivity contribution is -0.116. The molecule has 0 bridgehead atoms. The summed E-state index contributed by atoms with van der Waals surface area (Å²) in [6, 6.07) is 5.10. The molecule has 0 saturated carbocycles. The van der Waals surface area contributed by atoms with Gasteiger partial charge in [0.25, 0.3) is 15.6 Å². The SMILES string of the molecule is CCCC(=O)CS(=O)(=O)Nn1c(=O)[nH]c2cc(CC)c(-c3ccnn3C)cc2c1=O. The van der Waals surface area contributed by atoms with E-state index >= 15 is 0 Å². The topological polar surface area (TPSA) is 136 Å². The van der Waals surface area contributed by atoms with Crippen molar-refractivity contribution in [3.63, 3.8) is 0 Å². The molecule has 2 N–H and O–H groups in total. The van der Waals surface area contributed by atoms with Crippen LogP contribution in [0, 0.1) is 0 Å². The van der Waals surface area contributed by atoms with Crippen LogP contribution in [0.1, 0.15) is 32.3 Å². The number of nitrogens with zero attached hydrogens (tertiary/aromatic N) is 3. The van der Waals surface area contributed by atoms with Crippen LogP contribution in [0.15, 0.2) is 34.0 Å². The molecule has 11 heteroatoms. The van der Waals surface area contributed by atoms with E-state index in [0.29, 0.717) is 23.0 Å². The fourth-order valence-corrected chi connectivity index (χ4v) is 4.37. The number of rotatable bonds is 8. The second kappa shape index (κ2) is 8.27. The molecule has 30 heavy (non-hydrogen) atoms. The number of H-pyrrole nitrogens is 1. The first-order valence-corrected chi connectivity index (χ1v) is 11.1. The molecule has 10 nitrogen and oxygen atoms in total. The second-order valence-electron chi connectivity index (χ2n) is 6.96. The summed E-state index contributed by atoms with van der Waals surface area (Å²) in [4.78, 5) is 41.5. The number of aromatic nitrogens is 4. The standard InChI is InChI=1S/C19H23N5O5S/c1-4-6-13(25)11-30(28,29)22-24-18(26)15-10-14(17-7-8-20-23(17)3)12(5-2)9-16(15)21-19(24)27/h7-10,22H,4-6,11H2,1-3H3,(H,21,27). The monoisotopic (exact) mass is 433 g/mol. The quantitative estimate of drug-likeness (QED) is 0.542. The van der Waals surface area contributed by atoms with Gasteiger partial charge in [-0.25, -0.2) is 18.0 Å². The molecule has 0 amide bonds. The van der Waals surface area contributed by atoms with Gasteiger partial charge in [-0.3, -0.25) is 14.3 Å². The van der Waals surface area contributed by atoms with Gasteiger partial charge in [-0.05, 0) is 36.6 Å². The van der Waals surface area contributed by atoms with Crippen LogP contribution < -0.4 is 16.1 Å². The van der Waals surface area contributed by atoms with Gasteiger partial charge in [-0.1, -0.05) is 13.8 Å². The molecule has 0 aliphatic carbocycles. The Morgan fingerprint density at radius 2 is 1.97 bits per heavy atom. The summed E-state index contributed by atoms with van der Waals surface area (Å²) >= 11 is 0. The first kappa shape index (κ1) is 21.5. The minimum Gasteiger partial charge on any atom is -0.305 e. The zero-order chi connectivity index (χ0) is 22.1. The number of carbonyl (C=O) groups is 1. The van der Waals surface area contributed by atoms with Crippen molar-refractivity contribution in [2.75, 3.05) is 10.6 Å². The Labute approximate surface area is 172 Å². The van der Waals surface area contributed by atoms with E-state index in [-0.39, 0.29) is 11.8 Å². The van der Waals surface area contributed by atoms with Crippen LogP contribution in [-0.4, -0.2) is 39.4 Å². The van der Waals surface area contributed by atoms with Gasteiger partial charge < -0.3 is 4.98 Å². The number of hydrogen-bond acceptors (Lipinski definition) is 6. The Bertz CT molecular complexity index is 1330. The third-order valence-corrected chi connectivity index (χ3v) is 5.87. The molecule has 0 aliphatic heterocycles. The number of fused-ring (bicyclic) bond motifs is 1. The molecule has 2 heterocycles. The Balaban J connectivity index is 2.14. The van der Waals surface area contributed by atoms with Gasteiger partial charge in [-0.15, -0.1) is 0 Å². The highest BCUT2D eigenvalue weighted by Gasteiger charge is 2.20. The molecular formula is C19H23N5O5S. The first-order chi connectivity index (χ1) is 14.2. The van der Waals surface area contributed by atoms with E-state index in [1.807, 2.05) is 11.8 Å². The first-order valence-electron chi connectivity index (χ1n) is 9.49. The zero-order valence-corrected chi connectivity index (χ0v) is 17.7. The van der Waals surface area contributed by atoms with Crippen LogP contribution in [-0.2, 0) is 28.3 Å². The average molecular weight is 433 g/mol. The maximum absolute atomic E-state index is 13.0. The van der Waals surface area contributed by atoms with Crippen LogP contribution in [0.3, 0.4) is 0 Å². The number of carbonyl (C=O) groups excluding carboxylic acids is 1.